The number of benzene rings is 2. The highest BCUT2D eigenvalue weighted by Crippen LogP contribution is 2.33. The van der Waals surface area contributed by atoms with Crippen LogP contribution in [0.1, 0.15) is 31.0 Å². The molecule has 24 heavy (non-hydrogen) atoms. The molecular formula is C19H24ClNO3. The first-order valence-electron chi connectivity index (χ1n) is 7.56. The smallest absolute Gasteiger partial charge is 0.313 e. The first kappa shape index (κ1) is 20.0. The van der Waals surface area contributed by atoms with Crippen LogP contribution in [-0.2, 0) is 16.1 Å². The number of nitrogens with two attached hydrogens (primary N) is 1. The zero-order valence-electron chi connectivity index (χ0n) is 14.2. The Hall–Kier alpha value is -2.04. The van der Waals surface area contributed by atoms with Crippen molar-refractivity contribution in [3.05, 3.63) is 65.7 Å². The molecule has 0 unspecified atom stereocenters. The molecular weight excluding hydrogens is 326 g/mol. The molecule has 130 valence electrons. The SMILES string of the molecule is COC(=O)C(C)(C)[C@H](N)c1ccc(OCc2ccccc2)cc1.Cl. The molecule has 0 radical (unpaired) electrons. The number of rotatable bonds is 6. The lowest BCUT2D eigenvalue weighted by Gasteiger charge is -2.29. The van der Waals surface area contributed by atoms with Crippen LogP contribution in [0.15, 0.2) is 54.6 Å². The molecule has 0 aromatic heterocycles. The van der Waals surface area contributed by atoms with E-state index in [4.69, 9.17) is 15.2 Å². The molecule has 0 bridgehead atoms. The fourth-order valence-electron chi connectivity index (χ4n) is 2.32. The molecule has 0 aliphatic rings. The fourth-order valence-corrected chi connectivity index (χ4v) is 2.32. The van der Waals surface area contributed by atoms with E-state index in [0.29, 0.717) is 6.61 Å². The number of hydrogen-bond acceptors (Lipinski definition) is 4. The van der Waals surface area contributed by atoms with Gasteiger partial charge >= 0.3 is 5.97 Å². The quantitative estimate of drug-likeness (QED) is 0.804. The van der Waals surface area contributed by atoms with Gasteiger partial charge in [-0.1, -0.05) is 42.5 Å². The van der Waals surface area contributed by atoms with Crippen LogP contribution in [0.25, 0.3) is 0 Å². The number of halogens is 1. The van der Waals surface area contributed by atoms with E-state index in [0.717, 1.165) is 16.9 Å². The van der Waals surface area contributed by atoms with Crippen LogP contribution >= 0.6 is 12.4 Å². The van der Waals surface area contributed by atoms with Crippen LogP contribution in [0.3, 0.4) is 0 Å². The molecule has 0 aliphatic carbocycles. The Bertz CT molecular complexity index is 641. The minimum absolute atomic E-state index is 0. The van der Waals surface area contributed by atoms with Gasteiger partial charge in [0.1, 0.15) is 12.4 Å². The molecule has 1 atom stereocenters. The lowest BCUT2D eigenvalue weighted by atomic mass is 9.81. The Kier molecular flexibility index (Phi) is 7.26. The molecule has 0 fully saturated rings. The Labute approximate surface area is 149 Å². The monoisotopic (exact) mass is 349 g/mol. The van der Waals surface area contributed by atoms with Gasteiger partial charge in [0.25, 0.3) is 0 Å². The summed E-state index contributed by atoms with van der Waals surface area (Å²) in [7, 11) is 1.37. The lowest BCUT2D eigenvalue weighted by molar-refractivity contribution is -0.152. The molecule has 0 aliphatic heterocycles. The zero-order chi connectivity index (χ0) is 16.9. The average molecular weight is 350 g/mol. The summed E-state index contributed by atoms with van der Waals surface area (Å²) in [5.74, 6) is 0.440. The first-order valence-corrected chi connectivity index (χ1v) is 7.56. The maximum Gasteiger partial charge on any atom is 0.313 e. The maximum atomic E-state index is 11.8. The van der Waals surface area contributed by atoms with Gasteiger partial charge in [-0.05, 0) is 37.1 Å². The van der Waals surface area contributed by atoms with E-state index in [1.165, 1.54) is 7.11 Å². The number of carbonyl (C=O) groups is 1. The third-order valence-electron chi connectivity index (χ3n) is 3.98. The molecule has 2 rings (SSSR count). The van der Waals surface area contributed by atoms with Crippen molar-refractivity contribution in [1.29, 1.82) is 0 Å². The zero-order valence-corrected chi connectivity index (χ0v) is 15.0. The van der Waals surface area contributed by atoms with Crippen molar-refractivity contribution in [3.8, 4) is 5.75 Å². The summed E-state index contributed by atoms with van der Waals surface area (Å²) in [4.78, 5) is 11.8. The van der Waals surface area contributed by atoms with Gasteiger partial charge in [0, 0.05) is 6.04 Å². The largest absolute Gasteiger partial charge is 0.489 e. The number of methoxy groups -OCH3 is 1. The van der Waals surface area contributed by atoms with Gasteiger partial charge in [-0.2, -0.15) is 0 Å². The number of hydrogen-bond donors (Lipinski definition) is 1. The molecule has 0 saturated heterocycles. The number of esters is 1. The Morgan fingerprint density at radius 3 is 2.21 bits per heavy atom. The van der Waals surface area contributed by atoms with E-state index in [2.05, 4.69) is 0 Å². The molecule has 2 N–H and O–H groups in total. The third-order valence-corrected chi connectivity index (χ3v) is 3.98. The molecule has 5 heteroatoms. The second kappa shape index (κ2) is 8.71. The van der Waals surface area contributed by atoms with Crippen LogP contribution < -0.4 is 10.5 Å². The molecule has 0 heterocycles. The van der Waals surface area contributed by atoms with Gasteiger partial charge in [-0.15, -0.1) is 12.4 Å². The summed E-state index contributed by atoms with van der Waals surface area (Å²) in [6.45, 7) is 4.08. The van der Waals surface area contributed by atoms with E-state index in [1.807, 2.05) is 54.6 Å². The highest BCUT2D eigenvalue weighted by atomic mass is 35.5. The summed E-state index contributed by atoms with van der Waals surface area (Å²) < 4.78 is 10.6. The Balaban J connectivity index is 0.00000288. The van der Waals surface area contributed by atoms with Crippen molar-refractivity contribution >= 4 is 18.4 Å². The summed E-state index contributed by atoms with van der Waals surface area (Å²) >= 11 is 0. The van der Waals surface area contributed by atoms with E-state index in [1.54, 1.807) is 13.8 Å². The molecule has 0 amide bonds. The predicted molar refractivity (Wildman–Crippen MR) is 97.2 cm³/mol. The van der Waals surface area contributed by atoms with Crippen molar-refractivity contribution in [1.82, 2.24) is 0 Å². The second-order valence-corrected chi connectivity index (χ2v) is 6.03. The summed E-state index contributed by atoms with van der Waals surface area (Å²) in [5, 5.41) is 0. The first-order chi connectivity index (χ1) is 10.9. The normalized spacial score (nSPS) is 12.0. The van der Waals surface area contributed by atoms with Crippen molar-refractivity contribution < 1.29 is 14.3 Å². The standard InChI is InChI=1S/C19H23NO3.ClH/c1-19(2,18(21)22-3)17(20)15-9-11-16(12-10-15)23-13-14-7-5-4-6-8-14;/h4-12,17H,13,20H2,1-3H3;1H/t17-;/m1./s1. The van der Waals surface area contributed by atoms with Gasteiger partial charge < -0.3 is 15.2 Å². The van der Waals surface area contributed by atoms with Crippen molar-refractivity contribution in [3.63, 3.8) is 0 Å². The van der Waals surface area contributed by atoms with E-state index in [-0.39, 0.29) is 18.4 Å². The fraction of sp³-hybridized carbons (Fsp3) is 0.316. The molecule has 0 saturated carbocycles. The van der Waals surface area contributed by atoms with Crippen LogP contribution in [0.5, 0.6) is 5.75 Å². The average Bonchev–Trinajstić information content (AvgIpc) is 2.59. The Morgan fingerprint density at radius 1 is 1.08 bits per heavy atom. The highest BCUT2D eigenvalue weighted by Gasteiger charge is 2.36. The van der Waals surface area contributed by atoms with E-state index >= 15 is 0 Å². The number of ether oxygens (including phenoxy) is 2. The topological polar surface area (TPSA) is 61.5 Å². The third kappa shape index (κ3) is 4.73. The molecule has 0 spiro atoms. The van der Waals surface area contributed by atoms with Crippen LogP contribution in [0, 0.1) is 5.41 Å². The maximum absolute atomic E-state index is 11.8. The molecule has 4 nitrogen and oxygen atoms in total. The van der Waals surface area contributed by atoms with Crippen LogP contribution in [-0.4, -0.2) is 13.1 Å². The molecule has 2 aromatic rings. The molecule has 2 aromatic carbocycles. The van der Waals surface area contributed by atoms with Crippen molar-refractivity contribution in [2.75, 3.05) is 7.11 Å². The lowest BCUT2D eigenvalue weighted by Crippen LogP contribution is -2.37. The van der Waals surface area contributed by atoms with Gasteiger partial charge in [-0.25, -0.2) is 0 Å². The van der Waals surface area contributed by atoms with Gasteiger partial charge in [0.2, 0.25) is 0 Å². The minimum Gasteiger partial charge on any atom is -0.489 e. The van der Waals surface area contributed by atoms with E-state index < -0.39 is 11.5 Å². The number of carbonyl (C=O) groups excluding carboxylic acids is 1. The summed E-state index contributed by atoms with van der Waals surface area (Å²) in [5.41, 5.74) is 7.41. The summed E-state index contributed by atoms with van der Waals surface area (Å²) in [6.07, 6.45) is 0. The summed E-state index contributed by atoms with van der Waals surface area (Å²) in [6, 6.07) is 17.0. The van der Waals surface area contributed by atoms with Gasteiger partial charge in [0.15, 0.2) is 0 Å². The predicted octanol–water partition coefficient (Wildman–Crippen LogP) is 3.89. The van der Waals surface area contributed by atoms with Gasteiger partial charge in [0.05, 0.1) is 12.5 Å². The van der Waals surface area contributed by atoms with Crippen molar-refractivity contribution in [2.24, 2.45) is 11.1 Å². The minimum atomic E-state index is -0.791. The van der Waals surface area contributed by atoms with Gasteiger partial charge in [-0.3, -0.25) is 4.79 Å². The Morgan fingerprint density at radius 2 is 1.67 bits per heavy atom. The van der Waals surface area contributed by atoms with E-state index in [9.17, 15) is 4.79 Å². The highest BCUT2D eigenvalue weighted by molar-refractivity contribution is 5.85. The van der Waals surface area contributed by atoms with Crippen molar-refractivity contribution in [2.45, 2.75) is 26.5 Å². The van der Waals surface area contributed by atoms with Crippen LogP contribution in [0.4, 0.5) is 0 Å². The van der Waals surface area contributed by atoms with Crippen LogP contribution in [0.2, 0.25) is 0 Å². The second-order valence-electron chi connectivity index (χ2n) is 6.03.